The number of hydrogen-bond donors (Lipinski definition) is 0. The van der Waals surface area contributed by atoms with E-state index >= 15 is 0 Å². The van der Waals surface area contributed by atoms with Crippen molar-refractivity contribution in [3.05, 3.63) is 53.6 Å². The van der Waals surface area contributed by atoms with E-state index in [-0.39, 0.29) is 11.9 Å². The maximum Gasteiger partial charge on any atom is 0.159 e. The lowest BCUT2D eigenvalue weighted by Gasteiger charge is -2.23. The molecular weight excluding hydrogens is 264 g/mol. The first kappa shape index (κ1) is 15.5. The third-order valence-electron chi connectivity index (χ3n) is 3.78. The summed E-state index contributed by atoms with van der Waals surface area (Å²) in [5.41, 5.74) is 2.78. The summed E-state index contributed by atoms with van der Waals surface area (Å²) in [6.07, 6.45) is 4.97. The summed E-state index contributed by atoms with van der Waals surface area (Å²) < 4.78 is 11.1. The zero-order chi connectivity index (χ0) is 15.2. The SMILES string of the molecule is C=C(C(C)=O)C1=CCCC(OCc2ccc(OC)cc2)C1. The van der Waals surface area contributed by atoms with E-state index in [0.29, 0.717) is 12.2 Å². The molecule has 0 aromatic heterocycles. The number of ether oxygens (including phenoxy) is 2. The molecule has 0 heterocycles. The van der Waals surface area contributed by atoms with Gasteiger partial charge in [-0.2, -0.15) is 0 Å². The summed E-state index contributed by atoms with van der Waals surface area (Å²) in [5, 5.41) is 0. The summed E-state index contributed by atoms with van der Waals surface area (Å²) >= 11 is 0. The van der Waals surface area contributed by atoms with Gasteiger partial charge in [0.25, 0.3) is 0 Å². The second-order valence-corrected chi connectivity index (χ2v) is 5.33. The first-order valence-electron chi connectivity index (χ1n) is 7.24. The topological polar surface area (TPSA) is 35.5 Å². The number of allylic oxidation sites excluding steroid dienone is 2. The number of hydrogen-bond acceptors (Lipinski definition) is 3. The Morgan fingerprint density at radius 2 is 2.05 bits per heavy atom. The molecule has 0 spiro atoms. The Hall–Kier alpha value is -1.87. The van der Waals surface area contributed by atoms with Crippen molar-refractivity contribution in [2.75, 3.05) is 7.11 Å². The molecule has 2 rings (SSSR count). The Labute approximate surface area is 126 Å². The molecule has 0 amide bonds. The Morgan fingerprint density at radius 3 is 2.67 bits per heavy atom. The minimum Gasteiger partial charge on any atom is -0.497 e. The highest BCUT2D eigenvalue weighted by Gasteiger charge is 2.19. The fraction of sp³-hybridized carbons (Fsp3) is 0.389. The standard InChI is InChI=1S/C18H22O3/c1-13(14(2)19)16-5-4-6-18(11-16)21-12-15-7-9-17(20-3)10-8-15/h5,7-10,18H,1,4,6,11-12H2,2-3H3. The van der Waals surface area contributed by atoms with Gasteiger partial charge in [-0.15, -0.1) is 0 Å². The highest BCUT2D eigenvalue weighted by Crippen LogP contribution is 2.26. The third kappa shape index (κ3) is 4.30. The molecule has 0 bridgehead atoms. The maximum atomic E-state index is 11.4. The lowest BCUT2D eigenvalue weighted by molar-refractivity contribution is -0.113. The van der Waals surface area contributed by atoms with Gasteiger partial charge in [0.1, 0.15) is 5.75 Å². The van der Waals surface area contributed by atoms with Crippen molar-refractivity contribution in [3.63, 3.8) is 0 Å². The van der Waals surface area contributed by atoms with Crippen LogP contribution in [0.25, 0.3) is 0 Å². The van der Waals surface area contributed by atoms with Crippen LogP contribution >= 0.6 is 0 Å². The van der Waals surface area contributed by atoms with E-state index in [9.17, 15) is 4.79 Å². The molecule has 0 saturated heterocycles. The number of carbonyl (C=O) groups is 1. The van der Waals surface area contributed by atoms with Crippen LogP contribution in [0.1, 0.15) is 31.7 Å². The number of benzene rings is 1. The zero-order valence-electron chi connectivity index (χ0n) is 12.7. The molecule has 0 aliphatic heterocycles. The van der Waals surface area contributed by atoms with Crippen LogP contribution in [-0.4, -0.2) is 19.0 Å². The maximum absolute atomic E-state index is 11.4. The van der Waals surface area contributed by atoms with E-state index in [4.69, 9.17) is 9.47 Å². The van der Waals surface area contributed by atoms with Crippen LogP contribution in [0.2, 0.25) is 0 Å². The fourth-order valence-electron chi connectivity index (χ4n) is 2.42. The molecule has 3 heteroatoms. The molecule has 3 nitrogen and oxygen atoms in total. The summed E-state index contributed by atoms with van der Waals surface area (Å²) in [6.45, 7) is 6.00. The molecule has 21 heavy (non-hydrogen) atoms. The first-order valence-corrected chi connectivity index (χ1v) is 7.24. The molecular formula is C18H22O3. The number of rotatable bonds is 6. The highest BCUT2D eigenvalue weighted by molar-refractivity contribution is 5.97. The van der Waals surface area contributed by atoms with Crippen LogP contribution < -0.4 is 4.74 Å². The van der Waals surface area contributed by atoms with Crippen LogP contribution in [0.3, 0.4) is 0 Å². The average molecular weight is 286 g/mol. The van der Waals surface area contributed by atoms with E-state index in [1.807, 2.05) is 24.3 Å². The molecule has 0 fully saturated rings. The second kappa shape index (κ2) is 7.23. The van der Waals surface area contributed by atoms with Gasteiger partial charge < -0.3 is 9.47 Å². The minimum absolute atomic E-state index is 0.0389. The number of Topliss-reactive ketones (excluding diaryl/α,β-unsaturated/α-hetero) is 1. The van der Waals surface area contributed by atoms with Crippen molar-refractivity contribution >= 4 is 5.78 Å². The predicted molar refractivity (Wildman–Crippen MR) is 83.3 cm³/mol. The van der Waals surface area contributed by atoms with Gasteiger partial charge in [0.15, 0.2) is 5.78 Å². The zero-order valence-corrected chi connectivity index (χ0v) is 12.7. The van der Waals surface area contributed by atoms with Crippen molar-refractivity contribution in [2.45, 2.75) is 38.9 Å². The van der Waals surface area contributed by atoms with E-state index in [1.165, 1.54) is 0 Å². The first-order chi connectivity index (χ1) is 10.1. The number of methoxy groups -OCH3 is 1. The van der Waals surface area contributed by atoms with Crippen molar-refractivity contribution in [3.8, 4) is 5.75 Å². The van der Waals surface area contributed by atoms with Gasteiger partial charge in [-0.3, -0.25) is 4.79 Å². The molecule has 112 valence electrons. The van der Waals surface area contributed by atoms with Crippen LogP contribution in [0.15, 0.2) is 48.1 Å². The van der Waals surface area contributed by atoms with Gasteiger partial charge in [-0.1, -0.05) is 24.8 Å². The van der Waals surface area contributed by atoms with Gasteiger partial charge in [-0.05, 0) is 49.5 Å². The molecule has 1 unspecified atom stereocenters. The van der Waals surface area contributed by atoms with Crippen molar-refractivity contribution in [1.29, 1.82) is 0 Å². The normalized spacial score (nSPS) is 18.0. The molecule has 1 atom stereocenters. The van der Waals surface area contributed by atoms with Crippen molar-refractivity contribution < 1.29 is 14.3 Å². The minimum atomic E-state index is 0.0389. The van der Waals surface area contributed by atoms with Gasteiger partial charge in [0, 0.05) is 5.57 Å². The van der Waals surface area contributed by atoms with Gasteiger partial charge in [0.2, 0.25) is 0 Å². The molecule has 1 aliphatic carbocycles. The van der Waals surface area contributed by atoms with Crippen LogP contribution in [0.5, 0.6) is 5.75 Å². The third-order valence-corrected chi connectivity index (χ3v) is 3.78. The fourth-order valence-corrected chi connectivity index (χ4v) is 2.42. The Kier molecular flexibility index (Phi) is 5.34. The number of ketones is 1. The van der Waals surface area contributed by atoms with Gasteiger partial charge in [0.05, 0.1) is 19.8 Å². The van der Waals surface area contributed by atoms with E-state index < -0.39 is 0 Å². The van der Waals surface area contributed by atoms with Crippen LogP contribution in [-0.2, 0) is 16.1 Å². The molecule has 0 radical (unpaired) electrons. The van der Waals surface area contributed by atoms with Gasteiger partial charge >= 0.3 is 0 Å². The van der Waals surface area contributed by atoms with Gasteiger partial charge in [-0.25, -0.2) is 0 Å². The largest absolute Gasteiger partial charge is 0.497 e. The van der Waals surface area contributed by atoms with Crippen molar-refractivity contribution in [1.82, 2.24) is 0 Å². The monoisotopic (exact) mass is 286 g/mol. The molecule has 1 aromatic carbocycles. The number of carbonyl (C=O) groups excluding carboxylic acids is 1. The summed E-state index contributed by atoms with van der Waals surface area (Å²) in [7, 11) is 1.66. The smallest absolute Gasteiger partial charge is 0.159 e. The van der Waals surface area contributed by atoms with E-state index in [2.05, 4.69) is 12.7 Å². The predicted octanol–water partition coefficient (Wildman–Crippen LogP) is 3.84. The highest BCUT2D eigenvalue weighted by atomic mass is 16.5. The Morgan fingerprint density at radius 1 is 1.33 bits per heavy atom. The quantitative estimate of drug-likeness (QED) is 0.745. The second-order valence-electron chi connectivity index (χ2n) is 5.33. The Balaban J connectivity index is 1.87. The molecule has 0 N–H and O–H groups in total. The summed E-state index contributed by atoms with van der Waals surface area (Å²) in [4.78, 5) is 11.4. The van der Waals surface area contributed by atoms with Crippen LogP contribution in [0, 0.1) is 0 Å². The lowest BCUT2D eigenvalue weighted by Crippen LogP contribution is -2.18. The van der Waals surface area contributed by atoms with Crippen LogP contribution in [0.4, 0.5) is 0 Å². The average Bonchev–Trinajstić information content (AvgIpc) is 2.53. The molecule has 0 saturated carbocycles. The summed E-state index contributed by atoms with van der Waals surface area (Å²) in [6, 6.07) is 7.88. The lowest BCUT2D eigenvalue weighted by atomic mass is 9.90. The van der Waals surface area contributed by atoms with E-state index in [0.717, 1.165) is 36.1 Å². The molecule has 1 aromatic rings. The molecule has 1 aliphatic rings. The van der Waals surface area contributed by atoms with E-state index in [1.54, 1.807) is 14.0 Å². The summed E-state index contributed by atoms with van der Waals surface area (Å²) in [5.74, 6) is 0.886. The van der Waals surface area contributed by atoms with Crippen molar-refractivity contribution in [2.24, 2.45) is 0 Å². The Bertz CT molecular complexity index is 540.